The smallest absolute Gasteiger partial charge is 0.308 e. The fourth-order valence-electron chi connectivity index (χ4n) is 2.03. The zero-order valence-corrected chi connectivity index (χ0v) is 11.2. The number of anilines is 1. The largest absolute Gasteiger partial charge is 0.456 e. The number of hydrogen-bond acceptors (Lipinski definition) is 5. The van der Waals surface area contributed by atoms with Crippen LogP contribution in [-0.2, 0) is 9.53 Å². The normalized spacial score (nSPS) is 23.6. The van der Waals surface area contributed by atoms with Gasteiger partial charge in [-0.2, -0.15) is 0 Å². The third-order valence-corrected chi connectivity index (χ3v) is 3.03. The number of ether oxygens (including phenoxy) is 1. The molecule has 0 aromatic heterocycles. The van der Waals surface area contributed by atoms with Crippen molar-refractivity contribution in [3.8, 4) is 0 Å². The summed E-state index contributed by atoms with van der Waals surface area (Å²) in [5, 5.41) is 12.4. The third-order valence-electron chi connectivity index (χ3n) is 3.03. The maximum absolute atomic E-state index is 11.4. The van der Waals surface area contributed by atoms with Gasteiger partial charge in [0.15, 0.2) is 0 Å². The first kappa shape index (κ1) is 14.3. The van der Waals surface area contributed by atoms with Crippen molar-refractivity contribution < 1.29 is 19.4 Å². The van der Waals surface area contributed by atoms with E-state index >= 15 is 0 Å². The van der Waals surface area contributed by atoms with Crippen molar-refractivity contribution in [1.82, 2.24) is 0 Å². The topological polar surface area (TPSA) is 75.6 Å². The highest BCUT2D eigenvalue weighted by Gasteiger charge is 2.32. The van der Waals surface area contributed by atoms with Crippen LogP contribution in [0.2, 0.25) is 0 Å². The minimum atomic E-state index is -0.582. The van der Waals surface area contributed by atoms with Crippen molar-refractivity contribution in [3.63, 3.8) is 0 Å². The Morgan fingerprint density at radius 1 is 1.40 bits per heavy atom. The van der Waals surface area contributed by atoms with Gasteiger partial charge in [0.2, 0.25) is 0 Å². The maximum atomic E-state index is 11.4. The molecule has 0 aliphatic carbocycles. The predicted molar refractivity (Wildman–Crippen MR) is 74.6 cm³/mol. The van der Waals surface area contributed by atoms with Gasteiger partial charge >= 0.3 is 5.97 Å². The molecule has 106 valence electrons. The van der Waals surface area contributed by atoms with Gasteiger partial charge in [0, 0.05) is 11.3 Å². The molecule has 1 aromatic carbocycles. The summed E-state index contributed by atoms with van der Waals surface area (Å²) in [5.41, 5.74) is 1.41. The summed E-state index contributed by atoms with van der Waals surface area (Å²) in [6.45, 7) is 1.63. The van der Waals surface area contributed by atoms with Gasteiger partial charge in [-0.25, -0.2) is 0 Å². The van der Waals surface area contributed by atoms with E-state index in [1.54, 1.807) is 43.3 Å². The van der Waals surface area contributed by atoms with Gasteiger partial charge in [-0.3, -0.25) is 9.59 Å². The Labute approximate surface area is 117 Å². The molecule has 0 saturated carbocycles. The van der Waals surface area contributed by atoms with Crippen molar-refractivity contribution in [3.05, 3.63) is 42.0 Å². The Kier molecular flexibility index (Phi) is 4.53. The Balaban J connectivity index is 2.05. The Bertz CT molecular complexity index is 507. The average molecular weight is 275 g/mol. The van der Waals surface area contributed by atoms with E-state index in [0.29, 0.717) is 5.56 Å². The number of aliphatic hydroxyl groups excluding tert-OH is 1. The second-order valence-corrected chi connectivity index (χ2v) is 4.77. The van der Waals surface area contributed by atoms with E-state index in [9.17, 15) is 14.7 Å². The van der Waals surface area contributed by atoms with E-state index in [1.807, 2.05) is 0 Å². The van der Waals surface area contributed by atoms with Gasteiger partial charge in [0.25, 0.3) is 0 Å². The molecule has 1 saturated heterocycles. The van der Waals surface area contributed by atoms with Crippen molar-refractivity contribution in [1.29, 1.82) is 0 Å². The molecule has 0 unspecified atom stereocenters. The summed E-state index contributed by atoms with van der Waals surface area (Å²) in [5.74, 6) is -0.271. The molecular weight excluding hydrogens is 258 g/mol. The Morgan fingerprint density at radius 3 is 2.70 bits per heavy atom. The first-order chi connectivity index (χ1) is 9.58. The van der Waals surface area contributed by atoms with Gasteiger partial charge in [-0.05, 0) is 37.3 Å². The van der Waals surface area contributed by atoms with Crippen molar-refractivity contribution in [2.75, 3.05) is 5.32 Å². The lowest BCUT2D eigenvalue weighted by Crippen LogP contribution is -2.27. The van der Waals surface area contributed by atoms with Crippen LogP contribution in [0.1, 0.15) is 23.7 Å². The minimum Gasteiger partial charge on any atom is -0.456 e. The van der Waals surface area contributed by atoms with Gasteiger partial charge in [0.1, 0.15) is 12.4 Å². The van der Waals surface area contributed by atoms with Crippen LogP contribution in [-0.4, -0.2) is 35.6 Å². The fourth-order valence-corrected chi connectivity index (χ4v) is 2.03. The van der Waals surface area contributed by atoms with Crippen LogP contribution in [0.25, 0.3) is 0 Å². The van der Waals surface area contributed by atoms with E-state index in [4.69, 9.17) is 4.74 Å². The van der Waals surface area contributed by atoms with Crippen LogP contribution in [0.15, 0.2) is 36.4 Å². The summed E-state index contributed by atoms with van der Waals surface area (Å²) in [7, 11) is 0. The molecule has 0 amide bonds. The predicted octanol–water partition coefficient (Wildman–Crippen LogP) is 1.53. The lowest BCUT2D eigenvalue weighted by molar-refractivity contribution is -0.140. The summed E-state index contributed by atoms with van der Waals surface area (Å²) in [4.78, 5) is 22.0. The lowest BCUT2D eigenvalue weighted by Gasteiger charge is -2.17. The Hall–Kier alpha value is -2.14. The first-order valence-corrected chi connectivity index (χ1v) is 6.46. The van der Waals surface area contributed by atoms with Crippen LogP contribution < -0.4 is 5.32 Å². The summed E-state index contributed by atoms with van der Waals surface area (Å²) < 4.78 is 5.19. The quantitative estimate of drug-likeness (QED) is 0.484. The van der Waals surface area contributed by atoms with E-state index in [-0.39, 0.29) is 18.4 Å². The average Bonchev–Trinajstić information content (AvgIpc) is 2.77. The second-order valence-electron chi connectivity index (χ2n) is 4.77. The number of carbonyl (C=O) groups excluding carboxylic acids is 2. The van der Waals surface area contributed by atoms with Crippen molar-refractivity contribution in [2.45, 2.75) is 31.6 Å². The molecule has 0 radical (unpaired) electrons. The molecule has 5 nitrogen and oxygen atoms in total. The number of cyclic esters (lactones) is 1. The molecule has 2 N–H and O–H groups in total. The van der Waals surface area contributed by atoms with Gasteiger partial charge in [-0.1, -0.05) is 6.08 Å². The number of esters is 1. The van der Waals surface area contributed by atoms with E-state index in [2.05, 4.69) is 5.32 Å². The zero-order valence-electron chi connectivity index (χ0n) is 11.2. The number of carbonyl (C=O) groups is 2. The number of nitrogens with one attached hydrogen (secondary N) is 1. The molecule has 1 fully saturated rings. The summed E-state index contributed by atoms with van der Waals surface area (Å²) >= 11 is 0. The zero-order chi connectivity index (χ0) is 14.5. The summed E-state index contributed by atoms with van der Waals surface area (Å²) in [6, 6.07) is 6.78. The number of aldehydes is 1. The van der Waals surface area contributed by atoms with E-state index in [0.717, 1.165) is 12.0 Å². The fraction of sp³-hybridized carbons (Fsp3) is 0.333. The highest BCUT2D eigenvalue weighted by Crippen LogP contribution is 2.21. The molecular formula is C15H17NO4. The number of rotatable bonds is 5. The number of benzene rings is 1. The van der Waals surface area contributed by atoms with Crippen LogP contribution >= 0.6 is 0 Å². The molecule has 1 heterocycles. The molecule has 2 rings (SSSR count). The monoisotopic (exact) mass is 275 g/mol. The van der Waals surface area contributed by atoms with Crippen molar-refractivity contribution in [2.24, 2.45) is 0 Å². The van der Waals surface area contributed by atoms with E-state index in [1.165, 1.54) is 0 Å². The van der Waals surface area contributed by atoms with Crippen LogP contribution in [0, 0.1) is 0 Å². The summed E-state index contributed by atoms with van der Waals surface area (Å²) in [6.07, 6.45) is 3.34. The number of hydrogen-bond donors (Lipinski definition) is 2. The van der Waals surface area contributed by atoms with Crippen LogP contribution in [0.4, 0.5) is 5.69 Å². The van der Waals surface area contributed by atoms with Crippen molar-refractivity contribution >= 4 is 17.9 Å². The van der Waals surface area contributed by atoms with Gasteiger partial charge in [0.05, 0.1) is 18.6 Å². The second kappa shape index (κ2) is 6.34. The lowest BCUT2D eigenvalue weighted by atomic mass is 10.1. The highest BCUT2D eigenvalue weighted by atomic mass is 16.6. The maximum Gasteiger partial charge on any atom is 0.308 e. The molecule has 5 heteroatoms. The SMILES string of the molecule is C[C@H](O)C=C[C@H]1OC(=O)C[C@@H]1Nc1ccc(C=O)cc1. The standard InChI is InChI=1S/C15H17NO4/c1-10(18)2-7-14-13(8-15(19)20-14)16-12-5-3-11(9-17)4-6-12/h2-7,9-10,13-14,16,18H,8H2,1H3/t10-,13-,14+/m0/s1. The first-order valence-electron chi connectivity index (χ1n) is 6.46. The molecule has 1 aliphatic heterocycles. The number of aliphatic hydroxyl groups is 1. The molecule has 3 atom stereocenters. The van der Waals surface area contributed by atoms with Gasteiger partial charge in [-0.15, -0.1) is 0 Å². The molecule has 20 heavy (non-hydrogen) atoms. The molecule has 1 aromatic rings. The third kappa shape index (κ3) is 3.68. The minimum absolute atomic E-state index is 0.181. The molecule has 0 spiro atoms. The molecule has 1 aliphatic rings. The van der Waals surface area contributed by atoms with Gasteiger partial charge < -0.3 is 15.2 Å². The van der Waals surface area contributed by atoms with E-state index < -0.39 is 12.2 Å². The van der Waals surface area contributed by atoms with Crippen LogP contribution in [0.3, 0.4) is 0 Å². The highest BCUT2D eigenvalue weighted by molar-refractivity contribution is 5.76. The Morgan fingerprint density at radius 2 is 2.10 bits per heavy atom. The molecule has 0 bridgehead atoms. The van der Waals surface area contributed by atoms with Crippen LogP contribution in [0.5, 0.6) is 0 Å².